The van der Waals surface area contributed by atoms with Crippen LogP contribution in [0.5, 0.6) is 5.75 Å². The molecule has 0 aromatic heterocycles. The normalized spacial score (nSPS) is 12.0. The number of hydrogen-bond acceptors (Lipinski definition) is 3. The first-order valence-corrected chi connectivity index (χ1v) is 6.74. The number of aliphatic hydroxyl groups is 1. The van der Waals surface area contributed by atoms with Crippen LogP contribution in [0.3, 0.4) is 0 Å². The lowest BCUT2D eigenvalue weighted by atomic mass is 10.2. The molecule has 2 N–H and O–H groups in total. The summed E-state index contributed by atoms with van der Waals surface area (Å²) in [6.07, 6.45) is 1.05. The molecule has 0 heterocycles. The molecule has 1 aromatic carbocycles. The van der Waals surface area contributed by atoms with Gasteiger partial charge in [-0.2, -0.15) is 0 Å². The Morgan fingerprint density at radius 3 is 2.95 bits per heavy atom. The van der Waals surface area contributed by atoms with Gasteiger partial charge in [0.1, 0.15) is 5.75 Å². The standard InChI is InChI=1S/C14H20ClNO3/c1-3-4-11(17)8-16-14(18)9-19-13-7-10(2)5-6-12(13)15/h5-7,11,17H,3-4,8-9H2,1-2H3,(H,16,18). The third kappa shape index (κ3) is 5.94. The van der Waals surface area contributed by atoms with Crippen LogP contribution in [0, 0.1) is 6.92 Å². The van der Waals surface area contributed by atoms with Crippen molar-refractivity contribution in [3.63, 3.8) is 0 Å². The van der Waals surface area contributed by atoms with Gasteiger partial charge in [-0.05, 0) is 31.0 Å². The maximum absolute atomic E-state index is 11.5. The van der Waals surface area contributed by atoms with Gasteiger partial charge in [0.25, 0.3) is 5.91 Å². The fourth-order valence-corrected chi connectivity index (χ4v) is 1.75. The predicted molar refractivity (Wildman–Crippen MR) is 75.6 cm³/mol. The number of carbonyl (C=O) groups excluding carboxylic acids is 1. The number of aryl methyl sites for hydroxylation is 1. The molecule has 5 heteroatoms. The molecule has 1 aromatic rings. The smallest absolute Gasteiger partial charge is 0.258 e. The number of amides is 1. The van der Waals surface area contributed by atoms with Crippen LogP contribution in [0.2, 0.25) is 5.02 Å². The Balaban J connectivity index is 2.35. The fourth-order valence-electron chi connectivity index (χ4n) is 1.58. The van der Waals surface area contributed by atoms with E-state index in [2.05, 4.69) is 5.32 Å². The van der Waals surface area contributed by atoms with Gasteiger partial charge in [-0.25, -0.2) is 0 Å². The van der Waals surface area contributed by atoms with Crippen LogP contribution < -0.4 is 10.1 Å². The molecule has 1 rings (SSSR count). The number of nitrogens with one attached hydrogen (secondary N) is 1. The van der Waals surface area contributed by atoms with Gasteiger partial charge >= 0.3 is 0 Å². The highest BCUT2D eigenvalue weighted by molar-refractivity contribution is 6.32. The summed E-state index contributed by atoms with van der Waals surface area (Å²) in [5, 5.41) is 12.6. The molecule has 0 saturated heterocycles. The number of carbonyl (C=O) groups is 1. The van der Waals surface area contributed by atoms with Crippen molar-refractivity contribution in [1.82, 2.24) is 5.32 Å². The molecule has 0 spiro atoms. The maximum atomic E-state index is 11.5. The summed E-state index contributed by atoms with van der Waals surface area (Å²) in [7, 11) is 0. The summed E-state index contributed by atoms with van der Waals surface area (Å²) < 4.78 is 5.35. The Labute approximate surface area is 118 Å². The first-order valence-electron chi connectivity index (χ1n) is 6.36. The second-order valence-electron chi connectivity index (χ2n) is 4.47. The molecule has 4 nitrogen and oxygen atoms in total. The van der Waals surface area contributed by atoms with Crippen molar-refractivity contribution in [2.45, 2.75) is 32.8 Å². The van der Waals surface area contributed by atoms with E-state index in [1.165, 1.54) is 0 Å². The van der Waals surface area contributed by atoms with Crippen LogP contribution in [0.4, 0.5) is 0 Å². The Hall–Kier alpha value is -1.26. The highest BCUT2D eigenvalue weighted by Crippen LogP contribution is 2.24. The first-order chi connectivity index (χ1) is 9.02. The number of benzene rings is 1. The number of halogens is 1. The molecule has 0 bridgehead atoms. The Morgan fingerprint density at radius 1 is 1.53 bits per heavy atom. The minimum atomic E-state index is -0.503. The van der Waals surface area contributed by atoms with E-state index in [0.29, 0.717) is 17.2 Å². The van der Waals surface area contributed by atoms with E-state index in [4.69, 9.17) is 16.3 Å². The van der Waals surface area contributed by atoms with E-state index >= 15 is 0 Å². The minimum absolute atomic E-state index is 0.109. The number of hydrogen-bond donors (Lipinski definition) is 2. The third-order valence-corrected chi connectivity index (χ3v) is 2.91. The van der Waals surface area contributed by atoms with Gasteiger partial charge < -0.3 is 15.2 Å². The fraction of sp³-hybridized carbons (Fsp3) is 0.500. The topological polar surface area (TPSA) is 58.6 Å². The average molecular weight is 286 g/mol. The Bertz CT molecular complexity index is 423. The molecule has 0 aliphatic heterocycles. The quantitative estimate of drug-likeness (QED) is 0.808. The second-order valence-corrected chi connectivity index (χ2v) is 4.88. The molecule has 1 atom stereocenters. The van der Waals surface area contributed by atoms with E-state index in [1.807, 2.05) is 19.9 Å². The third-order valence-electron chi connectivity index (χ3n) is 2.60. The Kier molecular flexibility index (Phi) is 6.67. The minimum Gasteiger partial charge on any atom is -0.482 e. The highest BCUT2D eigenvalue weighted by atomic mass is 35.5. The molecule has 0 aliphatic rings. The molecule has 19 heavy (non-hydrogen) atoms. The zero-order valence-electron chi connectivity index (χ0n) is 11.3. The van der Waals surface area contributed by atoms with E-state index in [0.717, 1.165) is 12.0 Å². The van der Waals surface area contributed by atoms with Crippen LogP contribution in [-0.2, 0) is 4.79 Å². The van der Waals surface area contributed by atoms with Crippen LogP contribution in [-0.4, -0.2) is 30.3 Å². The Morgan fingerprint density at radius 2 is 2.26 bits per heavy atom. The van der Waals surface area contributed by atoms with Crippen molar-refractivity contribution >= 4 is 17.5 Å². The number of aliphatic hydroxyl groups excluding tert-OH is 1. The molecule has 1 amide bonds. The zero-order chi connectivity index (χ0) is 14.3. The number of ether oxygens (including phenoxy) is 1. The van der Waals surface area contributed by atoms with Crippen molar-refractivity contribution in [1.29, 1.82) is 0 Å². The van der Waals surface area contributed by atoms with E-state index < -0.39 is 6.10 Å². The zero-order valence-corrected chi connectivity index (χ0v) is 12.0. The van der Waals surface area contributed by atoms with Crippen LogP contribution in [0.25, 0.3) is 0 Å². The van der Waals surface area contributed by atoms with Crippen LogP contribution in [0.15, 0.2) is 18.2 Å². The van der Waals surface area contributed by atoms with E-state index in [9.17, 15) is 9.90 Å². The summed E-state index contributed by atoms with van der Waals surface area (Å²) in [6.45, 7) is 4.04. The molecular weight excluding hydrogens is 266 g/mol. The lowest BCUT2D eigenvalue weighted by molar-refractivity contribution is -0.123. The molecule has 0 saturated carbocycles. The first kappa shape index (κ1) is 15.8. The molecule has 106 valence electrons. The van der Waals surface area contributed by atoms with Gasteiger partial charge in [0.05, 0.1) is 11.1 Å². The van der Waals surface area contributed by atoms with Gasteiger partial charge in [-0.3, -0.25) is 4.79 Å². The molecule has 0 aliphatic carbocycles. The van der Waals surface area contributed by atoms with Gasteiger partial charge in [0.15, 0.2) is 6.61 Å². The molecule has 1 unspecified atom stereocenters. The van der Waals surface area contributed by atoms with Gasteiger partial charge in [0.2, 0.25) is 0 Å². The lowest BCUT2D eigenvalue weighted by Gasteiger charge is -2.12. The number of rotatable bonds is 7. The van der Waals surface area contributed by atoms with Crippen LogP contribution >= 0.6 is 11.6 Å². The van der Waals surface area contributed by atoms with Gasteiger partial charge in [0, 0.05) is 6.54 Å². The van der Waals surface area contributed by atoms with Crippen LogP contribution in [0.1, 0.15) is 25.3 Å². The second kappa shape index (κ2) is 8.02. The van der Waals surface area contributed by atoms with Gasteiger partial charge in [-0.15, -0.1) is 0 Å². The van der Waals surface area contributed by atoms with Crippen molar-refractivity contribution < 1.29 is 14.6 Å². The summed E-state index contributed by atoms with van der Waals surface area (Å²) in [5.41, 5.74) is 1.01. The summed E-state index contributed by atoms with van der Waals surface area (Å²) in [4.78, 5) is 11.5. The average Bonchev–Trinajstić information content (AvgIpc) is 2.38. The van der Waals surface area contributed by atoms with Crippen molar-refractivity contribution in [2.24, 2.45) is 0 Å². The summed E-state index contributed by atoms with van der Waals surface area (Å²) in [6, 6.07) is 5.38. The van der Waals surface area contributed by atoms with E-state index in [1.54, 1.807) is 12.1 Å². The summed E-state index contributed by atoms with van der Waals surface area (Å²) >= 11 is 5.95. The largest absolute Gasteiger partial charge is 0.482 e. The van der Waals surface area contributed by atoms with Gasteiger partial charge in [-0.1, -0.05) is 31.0 Å². The SMILES string of the molecule is CCCC(O)CNC(=O)COc1cc(C)ccc1Cl. The predicted octanol–water partition coefficient (Wildman–Crippen LogP) is 2.30. The molecule has 0 fully saturated rings. The molecular formula is C14H20ClNO3. The monoisotopic (exact) mass is 285 g/mol. The maximum Gasteiger partial charge on any atom is 0.258 e. The van der Waals surface area contributed by atoms with E-state index in [-0.39, 0.29) is 19.1 Å². The summed E-state index contributed by atoms with van der Waals surface area (Å²) in [5.74, 6) is 0.221. The van der Waals surface area contributed by atoms with Crippen molar-refractivity contribution in [3.8, 4) is 5.75 Å². The lowest BCUT2D eigenvalue weighted by Crippen LogP contribution is -2.35. The molecule has 0 radical (unpaired) electrons. The highest BCUT2D eigenvalue weighted by Gasteiger charge is 2.08. The van der Waals surface area contributed by atoms with Crippen molar-refractivity contribution in [2.75, 3.05) is 13.2 Å². The van der Waals surface area contributed by atoms with Crippen molar-refractivity contribution in [3.05, 3.63) is 28.8 Å².